The lowest BCUT2D eigenvalue weighted by Crippen LogP contribution is -2.54. The average Bonchev–Trinajstić information content (AvgIpc) is 2.78. The highest BCUT2D eigenvalue weighted by molar-refractivity contribution is 7.89. The molecule has 0 N–H and O–H groups in total. The molecule has 0 amide bonds. The van der Waals surface area contributed by atoms with Crippen molar-refractivity contribution in [1.82, 2.24) is 4.31 Å². The minimum Gasteiger partial charge on any atom is -0.207 e. The number of sulfonamides is 1. The summed E-state index contributed by atoms with van der Waals surface area (Å²) in [6.45, 7) is 7.37. The van der Waals surface area contributed by atoms with Gasteiger partial charge < -0.3 is 0 Å². The number of rotatable bonds is 5. The second-order valence-corrected chi connectivity index (χ2v) is 12.6. The monoisotopic (exact) mass is 454 g/mol. The summed E-state index contributed by atoms with van der Waals surface area (Å²) in [7, 11) is -3.58. The van der Waals surface area contributed by atoms with Gasteiger partial charge in [-0.15, -0.1) is 0 Å². The Labute approximate surface area is 192 Å². The van der Waals surface area contributed by atoms with Crippen LogP contribution in [-0.2, 0) is 21.9 Å². The molecule has 1 unspecified atom stereocenters. The first kappa shape index (κ1) is 23.1. The molecule has 5 nitrogen and oxygen atoms in total. The molecule has 1 heterocycles. The predicted molar refractivity (Wildman–Crippen MR) is 128 cm³/mol. The topological polar surface area (TPSA) is 66.8 Å². The van der Waals surface area contributed by atoms with Crippen LogP contribution in [0.2, 0.25) is 0 Å². The summed E-state index contributed by atoms with van der Waals surface area (Å²) in [5.74, 6) is 0.314. The Balaban J connectivity index is 1.63. The normalized spacial score (nSPS) is 27.0. The quantitative estimate of drug-likeness (QED) is 0.557. The summed E-state index contributed by atoms with van der Waals surface area (Å²) >= 11 is 0. The minimum absolute atomic E-state index is 0.0222. The minimum atomic E-state index is -3.58. The lowest BCUT2D eigenvalue weighted by atomic mass is 9.60. The third-order valence-electron chi connectivity index (χ3n) is 7.52. The van der Waals surface area contributed by atoms with Gasteiger partial charge in [0.2, 0.25) is 10.0 Å². The maximum Gasteiger partial charge on any atom is 0.243 e. The number of benzene rings is 2. The molecular weight excluding hydrogens is 420 g/mol. The molecule has 1 aliphatic heterocycles. The van der Waals surface area contributed by atoms with Crippen molar-refractivity contribution in [2.75, 3.05) is 13.1 Å². The van der Waals surface area contributed by atoms with Crippen LogP contribution in [0.5, 0.6) is 0 Å². The van der Waals surface area contributed by atoms with Gasteiger partial charge >= 0.3 is 0 Å². The Morgan fingerprint density at radius 3 is 2.34 bits per heavy atom. The average molecular weight is 455 g/mol. The van der Waals surface area contributed by atoms with Gasteiger partial charge in [0.25, 0.3) is 0 Å². The Hall–Kier alpha value is -2.05. The van der Waals surface area contributed by atoms with Gasteiger partial charge in [-0.3, -0.25) is 0 Å². The lowest BCUT2D eigenvalue weighted by Gasteiger charge is -2.51. The van der Waals surface area contributed by atoms with Crippen molar-refractivity contribution >= 4 is 10.0 Å². The van der Waals surface area contributed by atoms with Crippen LogP contribution in [0.4, 0.5) is 0 Å². The summed E-state index contributed by atoms with van der Waals surface area (Å²) in [5.41, 5.74) is 2.17. The van der Waals surface area contributed by atoms with Crippen LogP contribution < -0.4 is 0 Å². The van der Waals surface area contributed by atoms with Gasteiger partial charge in [-0.2, -0.15) is 9.21 Å². The number of fused-ring (bicyclic) bond motifs is 1. The highest BCUT2D eigenvalue weighted by Gasteiger charge is 2.49. The first-order valence-corrected chi connectivity index (χ1v) is 13.1. The number of nitrogens with zero attached hydrogens (tertiary/aromatic N) is 2. The fourth-order valence-corrected chi connectivity index (χ4v) is 7.14. The highest BCUT2D eigenvalue weighted by Crippen LogP contribution is 2.50. The van der Waals surface area contributed by atoms with Crippen LogP contribution in [-0.4, -0.2) is 31.9 Å². The van der Waals surface area contributed by atoms with Crippen molar-refractivity contribution in [2.24, 2.45) is 16.5 Å². The van der Waals surface area contributed by atoms with E-state index in [9.17, 15) is 13.3 Å². The largest absolute Gasteiger partial charge is 0.243 e. The van der Waals surface area contributed by atoms with Crippen LogP contribution in [0.1, 0.15) is 57.6 Å². The third kappa shape index (κ3) is 4.53. The van der Waals surface area contributed by atoms with E-state index in [0.717, 1.165) is 37.7 Å². The Kier molecular flexibility index (Phi) is 6.29. The standard InChI is InChI=1S/C26H34N2O3S/c1-25(2,3)21-9-11-24(12-10-21)32(30,31)28-16-14-22-17-23(27-29)13-15-26(22,19-28)18-20-7-5-4-6-8-20/h4-12,22-23H,13-19H2,1-3H3/t22-,23?,26-/m0/s1. The van der Waals surface area contributed by atoms with Gasteiger partial charge in [-0.05, 0) is 72.1 Å². The number of piperidine rings is 1. The Morgan fingerprint density at radius 1 is 1.03 bits per heavy atom. The fourth-order valence-electron chi connectivity index (χ4n) is 5.58. The van der Waals surface area contributed by atoms with E-state index < -0.39 is 10.0 Å². The van der Waals surface area contributed by atoms with Crippen LogP contribution in [0.3, 0.4) is 0 Å². The van der Waals surface area contributed by atoms with Gasteiger partial charge in [-0.25, -0.2) is 8.42 Å². The summed E-state index contributed by atoms with van der Waals surface area (Å²) in [6.07, 6.45) is 3.95. The van der Waals surface area contributed by atoms with Crippen molar-refractivity contribution in [3.8, 4) is 0 Å². The van der Waals surface area contributed by atoms with E-state index in [1.54, 1.807) is 16.4 Å². The van der Waals surface area contributed by atoms with Crippen LogP contribution in [0.25, 0.3) is 0 Å². The van der Waals surface area contributed by atoms with Crippen molar-refractivity contribution in [2.45, 2.75) is 69.2 Å². The maximum absolute atomic E-state index is 13.6. The molecule has 1 saturated heterocycles. The zero-order valence-electron chi connectivity index (χ0n) is 19.3. The van der Waals surface area contributed by atoms with Gasteiger partial charge in [0, 0.05) is 13.1 Å². The van der Waals surface area contributed by atoms with E-state index in [0.29, 0.717) is 23.9 Å². The summed E-state index contributed by atoms with van der Waals surface area (Å²) < 4.78 is 28.9. The third-order valence-corrected chi connectivity index (χ3v) is 9.38. The molecule has 1 saturated carbocycles. The SMILES string of the molecule is CC(C)(C)c1ccc(S(=O)(=O)N2CC[C@H]3CC(N=O)CC[C@]3(Cc3ccccc3)C2)cc1. The van der Waals surface area contributed by atoms with Crippen molar-refractivity contribution in [3.05, 3.63) is 70.6 Å². The van der Waals surface area contributed by atoms with Crippen molar-refractivity contribution in [3.63, 3.8) is 0 Å². The molecule has 32 heavy (non-hydrogen) atoms. The molecular formula is C26H34N2O3S. The fraction of sp³-hybridized carbons (Fsp3) is 0.538. The van der Waals surface area contributed by atoms with Crippen LogP contribution in [0, 0.1) is 16.2 Å². The number of hydrogen-bond donors (Lipinski definition) is 0. The van der Waals surface area contributed by atoms with E-state index in [1.165, 1.54) is 5.56 Å². The summed E-state index contributed by atoms with van der Waals surface area (Å²) in [5, 5.41) is 3.34. The van der Waals surface area contributed by atoms with Gasteiger partial charge in [0.15, 0.2) is 0 Å². The lowest BCUT2D eigenvalue weighted by molar-refractivity contribution is 0.0189. The first-order valence-electron chi connectivity index (χ1n) is 11.6. The molecule has 1 aliphatic carbocycles. The van der Waals surface area contributed by atoms with Gasteiger partial charge in [0.1, 0.15) is 0 Å². The van der Waals surface area contributed by atoms with Crippen LogP contribution >= 0.6 is 0 Å². The molecule has 2 fully saturated rings. The smallest absolute Gasteiger partial charge is 0.207 e. The summed E-state index contributed by atoms with van der Waals surface area (Å²) in [6, 6.07) is 17.5. The number of hydrogen-bond acceptors (Lipinski definition) is 4. The number of nitroso groups, excluding NO2 is 1. The molecule has 6 heteroatoms. The van der Waals surface area contributed by atoms with E-state index in [-0.39, 0.29) is 16.9 Å². The molecule has 0 spiro atoms. The molecule has 172 valence electrons. The molecule has 3 atom stereocenters. The highest BCUT2D eigenvalue weighted by atomic mass is 32.2. The summed E-state index contributed by atoms with van der Waals surface area (Å²) in [4.78, 5) is 11.6. The van der Waals surface area contributed by atoms with E-state index in [2.05, 4.69) is 38.1 Å². The molecule has 2 aliphatic rings. The molecule has 2 aromatic carbocycles. The molecule has 0 bridgehead atoms. The Bertz CT molecular complexity index is 1040. The van der Waals surface area contributed by atoms with E-state index >= 15 is 0 Å². The zero-order valence-corrected chi connectivity index (χ0v) is 20.1. The maximum atomic E-state index is 13.6. The van der Waals surface area contributed by atoms with Gasteiger partial charge in [-0.1, -0.05) is 68.4 Å². The molecule has 4 rings (SSSR count). The predicted octanol–water partition coefficient (Wildman–Crippen LogP) is 5.54. The van der Waals surface area contributed by atoms with Crippen molar-refractivity contribution in [1.29, 1.82) is 0 Å². The van der Waals surface area contributed by atoms with E-state index in [1.807, 2.05) is 30.3 Å². The Morgan fingerprint density at radius 2 is 1.72 bits per heavy atom. The molecule has 2 aromatic rings. The molecule has 0 aromatic heterocycles. The second-order valence-electron chi connectivity index (χ2n) is 10.7. The van der Waals surface area contributed by atoms with Crippen LogP contribution in [0.15, 0.2) is 64.7 Å². The zero-order chi connectivity index (χ0) is 23.0. The van der Waals surface area contributed by atoms with E-state index in [4.69, 9.17) is 0 Å². The second kappa shape index (κ2) is 8.71. The molecule has 0 radical (unpaired) electrons. The first-order chi connectivity index (χ1) is 15.1. The van der Waals surface area contributed by atoms with Crippen molar-refractivity contribution < 1.29 is 8.42 Å². The van der Waals surface area contributed by atoms with Gasteiger partial charge in [0.05, 0.1) is 10.9 Å².